The van der Waals surface area contributed by atoms with E-state index in [0.29, 0.717) is 17.6 Å². The van der Waals surface area contributed by atoms with Gasteiger partial charge in [0, 0.05) is 21.9 Å². The molecule has 0 aliphatic heterocycles. The van der Waals surface area contributed by atoms with Crippen LogP contribution in [0.25, 0.3) is 61.7 Å². The second-order valence-corrected chi connectivity index (χ2v) is 8.14. The van der Waals surface area contributed by atoms with Gasteiger partial charge >= 0.3 is 0 Å². The van der Waals surface area contributed by atoms with Crippen LogP contribution in [0.15, 0.2) is 114 Å². The number of hydrogen-bond donors (Lipinski definition) is 0. The molecule has 0 spiro atoms. The van der Waals surface area contributed by atoms with Gasteiger partial charge in [0.1, 0.15) is 11.1 Å². The van der Waals surface area contributed by atoms with E-state index < -0.39 is 0 Å². The first-order valence-corrected chi connectivity index (χ1v) is 11.1. The summed E-state index contributed by atoms with van der Waals surface area (Å²) in [6.45, 7) is 0. The number of furan rings is 1. The lowest BCUT2D eigenvalue weighted by molar-refractivity contribution is 0.672. The van der Waals surface area contributed by atoms with Crippen LogP contribution in [0.4, 0.5) is 0 Å². The van der Waals surface area contributed by atoms with Crippen molar-refractivity contribution >= 4 is 33.0 Å². The van der Waals surface area contributed by atoms with Crippen molar-refractivity contribution in [3.05, 3.63) is 109 Å². The predicted molar refractivity (Wildman–Crippen MR) is 135 cm³/mol. The van der Waals surface area contributed by atoms with Crippen LogP contribution in [0.3, 0.4) is 0 Å². The molecule has 7 aromatic rings. The third-order valence-electron chi connectivity index (χ3n) is 6.07. The van der Waals surface area contributed by atoms with Crippen LogP contribution in [0.1, 0.15) is 0 Å². The lowest BCUT2D eigenvalue weighted by Gasteiger charge is -2.10. The zero-order valence-corrected chi connectivity index (χ0v) is 18.1. The van der Waals surface area contributed by atoms with Crippen molar-refractivity contribution in [2.24, 2.45) is 0 Å². The van der Waals surface area contributed by atoms with E-state index in [4.69, 9.17) is 19.4 Å². The summed E-state index contributed by atoms with van der Waals surface area (Å²) >= 11 is 0. The summed E-state index contributed by atoms with van der Waals surface area (Å²) in [5.74, 6) is 1.82. The number of para-hydroxylation sites is 2. The molecule has 0 N–H and O–H groups in total. The Balaban J connectivity index is 1.61. The molecule has 0 atom stereocenters. The van der Waals surface area contributed by atoms with Gasteiger partial charge in [0.2, 0.25) is 5.95 Å². The van der Waals surface area contributed by atoms with Crippen LogP contribution in [0.5, 0.6) is 0 Å². The standard InChI is InChI=1S/C29H18N4O/c1-3-11-19(12-4-1)27-30-28(20-13-5-2-6-14-20)32-29(31-27)33-23-17-9-7-15-21(23)26-25(33)22-16-8-10-18-24(22)34-26/h1-18H. The highest BCUT2D eigenvalue weighted by molar-refractivity contribution is 6.16. The van der Waals surface area contributed by atoms with Gasteiger partial charge in [-0.15, -0.1) is 0 Å². The molecule has 3 aromatic heterocycles. The largest absolute Gasteiger partial charge is 0.454 e. The van der Waals surface area contributed by atoms with Gasteiger partial charge in [-0.1, -0.05) is 84.9 Å². The third-order valence-corrected chi connectivity index (χ3v) is 6.07. The number of hydrogen-bond acceptors (Lipinski definition) is 4. The van der Waals surface area contributed by atoms with E-state index in [2.05, 4.69) is 22.8 Å². The molecular weight excluding hydrogens is 420 g/mol. The predicted octanol–water partition coefficient (Wildman–Crippen LogP) is 7.05. The summed E-state index contributed by atoms with van der Waals surface area (Å²) in [5, 5.41) is 2.05. The fourth-order valence-electron chi connectivity index (χ4n) is 4.52. The Morgan fingerprint density at radius 1 is 0.529 bits per heavy atom. The summed E-state index contributed by atoms with van der Waals surface area (Å²) in [4.78, 5) is 14.7. The van der Waals surface area contributed by atoms with Crippen molar-refractivity contribution < 1.29 is 4.42 Å². The molecule has 0 saturated heterocycles. The minimum Gasteiger partial charge on any atom is -0.454 e. The molecule has 7 rings (SSSR count). The minimum atomic E-state index is 0.561. The number of fused-ring (bicyclic) bond motifs is 5. The summed E-state index contributed by atoms with van der Waals surface area (Å²) in [7, 11) is 0. The van der Waals surface area contributed by atoms with Crippen molar-refractivity contribution in [2.75, 3.05) is 0 Å². The van der Waals surface area contributed by atoms with Crippen molar-refractivity contribution in [1.82, 2.24) is 19.5 Å². The number of nitrogens with zero attached hydrogens (tertiary/aromatic N) is 4. The molecule has 4 aromatic carbocycles. The van der Waals surface area contributed by atoms with Crippen molar-refractivity contribution in [2.45, 2.75) is 0 Å². The van der Waals surface area contributed by atoms with Gasteiger partial charge in [-0.2, -0.15) is 9.97 Å². The number of rotatable bonds is 3. The number of aromatic nitrogens is 4. The lowest BCUT2D eigenvalue weighted by atomic mass is 10.2. The first-order valence-electron chi connectivity index (χ1n) is 11.1. The van der Waals surface area contributed by atoms with Crippen molar-refractivity contribution in [3.8, 4) is 28.7 Å². The van der Waals surface area contributed by atoms with Crippen molar-refractivity contribution in [3.63, 3.8) is 0 Å². The zero-order valence-electron chi connectivity index (χ0n) is 18.1. The fourth-order valence-corrected chi connectivity index (χ4v) is 4.52. The van der Waals surface area contributed by atoms with Gasteiger partial charge in [-0.05, 0) is 24.3 Å². The molecule has 3 heterocycles. The molecule has 0 bridgehead atoms. The van der Waals surface area contributed by atoms with Crippen LogP contribution in [-0.2, 0) is 0 Å². The Morgan fingerprint density at radius 3 is 1.76 bits per heavy atom. The highest BCUT2D eigenvalue weighted by Gasteiger charge is 2.21. The van der Waals surface area contributed by atoms with Crippen LogP contribution < -0.4 is 0 Å². The van der Waals surface area contributed by atoms with E-state index in [-0.39, 0.29) is 0 Å². The molecule has 0 unspecified atom stereocenters. The second kappa shape index (κ2) is 7.39. The summed E-state index contributed by atoms with van der Waals surface area (Å²) in [6.07, 6.45) is 0. The van der Waals surface area contributed by atoms with Gasteiger partial charge in [-0.3, -0.25) is 4.57 Å². The molecule has 34 heavy (non-hydrogen) atoms. The Kier molecular flexibility index (Phi) is 4.08. The van der Waals surface area contributed by atoms with E-state index >= 15 is 0 Å². The zero-order chi connectivity index (χ0) is 22.5. The highest BCUT2D eigenvalue weighted by atomic mass is 16.3. The van der Waals surface area contributed by atoms with Gasteiger partial charge < -0.3 is 4.42 Å². The molecule has 160 valence electrons. The van der Waals surface area contributed by atoms with Crippen molar-refractivity contribution in [1.29, 1.82) is 0 Å². The minimum absolute atomic E-state index is 0.561. The average Bonchev–Trinajstić information content (AvgIpc) is 3.44. The smallest absolute Gasteiger partial charge is 0.238 e. The molecule has 0 aliphatic carbocycles. The molecule has 5 heteroatoms. The Hall–Kier alpha value is -4.77. The van der Waals surface area contributed by atoms with E-state index in [0.717, 1.165) is 44.1 Å². The van der Waals surface area contributed by atoms with Gasteiger partial charge in [-0.25, -0.2) is 4.98 Å². The number of benzene rings is 4. The summed E-state index contributed by atoms with van der Waals surface area (Å²) in [6, 6.07) is 36.3. The van der Waals surface area contributed by atoms with Crippen LogP contribution in [0.2, 0.25) is 0 Å². The monoisotopic (exact) mass is 438 g/mol. The highest BCUT2D eigenvalue weighted by Crippen LogP contribution is 2.38. The van der Waals surface area contributed by atoms with Crippen LogP contribution >= 0.6 is 0 Å². The molecular formula is C29H18N4O. The molecule has 0 aliphatic rings. The first kappa shape index (κ1) is 18.8. The maximum atomic E-state index is 6.31. The topological polar surface area (TPSA) is 56.7 Å². The molecule has 0 fully saturated rings. The summed E-state index contributed by atoms with van der Waals surface area (Å²) < 4.78 is 8.40. The van der Waals surface area contributed by atoms with Gasteiger partial charge in [0.15, 0.2) is 17.2 Å². The SMILES string of the molecule is c1ccc(-c2nc(-c3ccccc3)nc(-n3c4ccccc4c4oc5ccccc5c43)n2)cc1. The van der Waals surface area contributed by atoms with E-state index in [1.165, 1.54) is 0 Å². The molecule has 0 saturated carbocycles. The maximum Gasteiger partial charge on any atom is 0.238 e. The van der Waals surface area contributed by atoms with Crippen LogP contribution in [0, 0.1) is 0 Å². The molecule has 0 radical (unpaired) electrons. The van der Waals surface area contributed by atoms with Gasteiger partial charge in [0.25, 0.3) is 0 Å². The Bertz CT molecular complexity index is 1740. The average molecular weight is 438 g/mol. The molecule has 0 amide bonds. The van der Waals surface area contributed by atoms with E-state index in [9.17, 15) is 0 Å². The Labute approximate surface area is 195 Å². The van der Waals surface area contributed by atoms with Crippen LogP contribution in [-0.4, -0.2) is 19.5 Å². The van der Waals surface area contributed by atoms with E-state index in [1.807, 2.05) is 91.0 Å². The second-order valence-electron chi connectivity index (χ2n) is 8.14. The normalized spacial score (nSPS) is 11.5. The first-order chi connectivity index (χ1) is 16.9. The quantitative estimate of drug-likeness (QED) is 0.297. The van der Waals surface area contributed by atoms with E-state index in [1.54, 1.807) is 0 Å². The Morgan fingerprint density at radius 2 is 1.09 bits per heavy atom. The summed E-state index contributed by atoms with van der Waals surface area (Å²) in [5.41, 5.74) is 5.50. The van der Waals surface area contributed by atoms with Gasteiger partial charge in [0.05, 0.1) is 5.52 Å². The fraction of sp³-hybridized carbons (Fsp3) is 0. The lowest BCUT2D eigenvalue weighted by Crippen LogP contribution is -2.06. The third kappa shape index (κ3) is 2.84. The maximum absolute atomic E-state index is 6.31. The molecule has 5 nitrogen and oxygen atoms in total.